The molecule has 0 aromatic heterocycles. The van der Waals surface area contributed by atoms with E-state index in [4.69, 9.17) is 16.0 Å². The lowest BCUT2D eigenvalue weighted by molar-refractivity contribution is 0.415. The zero-order valence-corrected chi connectivity index (χ0v) is 6.16. The van der Waals surface area contributed by atoms with E-state index in [1.165, 1.54) is 0 Å². The Morgan fingerprint density at radius 2 is 2.27 bits per heavy atom. The molecule has 58 valence electrons. The largest absolute Gasteiger partial charge is 0.497 e. The van der Waals surface area contributed by atoms with E-state index in [1.807, 2.05) is 0 Å². The zero-order valence-electron chi connectivity index (χ0n) is 6.16. The lowest BCUT2D eigenvalue weighted by atomic mass is 10.2. The van der Waals surface area contributed by atoms with E-state index in [-0.39, 0.29) is 0 Å². The summed E-state index contributed by atoms with van der Waals surface area (Å²) in [5.74, 6) is 0.676. The van der Waals surface area contributed by atoms with Crippen molar-refractivity contribution in [3.63, 3.8) is 0 Å². The van der Waals surface area contributed by atoms with Crippen LogP contribution >= 0.6 is 0 Å². The van der Waals surface area contributed by atoms with Crippen molar-refractivity contribution in [3.05, 3.63) is 18.2 Å². The molecule has 0 bridgehead atoms. The average Bonchev–Trinajstić information content (AvgIpc) is 2.04. The second kappa shape index (κ2) is 3.01. The highest BCUT2D eigenvalue weighted by molar-refractivity contribution is 5.64. The minimum Gasteiger partial charge on any atom is -0.497 e. The molecule has 4 nitrogen and oxygen atoms in total. The van der Waals surface area contributed by atoms with Crippen LogP contribution in [0, 0.1) is 5.53 Å². The minimum atomic E-state index is 0.458. The summed E-state index contributed by atoms with van der Waals surface area (Å²) in [6, 6.07) is 4.98. The van der Waals surface area contributed by atoms with Crippen molar-refractivity contribution >= 4 is 11.4 Å². The van der Waals surface area contributed by atoms with E-state index in [2.05, 4.69) is 5.11 Å². The molecular formula is C7H9N3O. The van der Waals surface area contributed by atoms with Crippen molar-refractivity contribution in [2.45, 2.75) is 0 Å². The SMILES string of the molecule is COc1ccc(N=N)c(N)c1. The fraction of sp³-hybridized carbons (Fsp3) is 0.143. The number of nitrogens with one attached hydrogen (secondary N) is 1. The number of benzene rings is 1. The first-order valence-electron chi connectivity index (χ1n) is 3.09. The molecule has 3 N–H and O–H groups in total. The second-order valence-electron chi connectivity index (χ2n) is 2.04. The van der Waals surface area contributed by atoms with Gasteiger partial charge in [0, 0.05) is 6.07 Å². The zero-order chi connectivity index (χ0) is 8.27. The number of hydrogen-bond donors (Lipinski definition) is 2. The molecule has 0 saturated heterocycles. The topological polar surface area (TPSA) is 71.5 Å². The van der Waals surface area contributed by atoms with Gasteiger partial charge in [0.25, 0.3) is 0 Å². The van der Waals surface area contributed by atoms with E-state index >= 15 is 0 Å². The maximum atomic E-state index is 6.72. The summed E-state index contributed by atoms with van der Waals surface area (Å²) in [7, 11) is 1.56. The quantitative estimate of drug-likeness (QED) is 0.500. The molecular weight excluding hydrogens is 142 g/mol. The minimum absolute atomic E-state index is 0.458. The number of nitrogens with two attached hydrogens (primary N) is 1. The number of nitrogen functional groups attached to an aromatic ring is 1. The summed E-state index contributed by atoms with van der Waals surface area (Å²) < 4.78 is 4.91. The van der Waals surface area contributed by atoms with Gasteiger partial charge in [-0.1, -0.05) is 0 Å². The van der Waals surface area contributed by atoms with Crippen molar-refractivity contribution in [3.8, 4) is 5.75 Å². The molecule has 0 fully saturated rings. The molecule has 1 aromatic rings. The predicted molar refractivity (Wildman–Crippen MR) is 42.2 cm³/mol. The van der Waals surface area contributed by atoms with Crippen molar-refractivity contribution in [1.82, 2.24) is 0 Å². The highest BCUT2D eigenvalue weighted by Crippen LogP contribution is 2.25. The smallest absolute Gasteiger partial charge is 0.121 e. The third-order valence-electron chi connectivity index (χ3n) is 1.36. The van der Waals surface area contributed by atoms with Crippen LogP contribution in [0.1, 0.15) is 0 Å². The summed E-state index contributed by atoms with van der Waals surface area (Å²) in [4.78, 5) is 0. The van der Waals surface area contributed by atoms with Gasteiger partial charge < -0.3 is 10.5 Å². The fourth-order valence-corrected chi connectivity index (χ4v) is 0.761. The molecule has 0 heterocycles. The van der Waals surface area contributed by atoms with Crippen LogP contribution < -0.4 is 10.5 Å². The number of nitrogens with zero attached hydrogens (tertiary/aromatic N) is 1. The molecule has 0 aliphatic carbocycles. The Hall–Kier alpha value is -1.58. The van der Waals surface area contributed by atoms with Gasteiger partial charge in [-0.25, -0.2) is 5.53 Å². The van der Waals surface area contributed by atoms with Crippen molar-refractivity contribution in [1.29, 1.82) is 5.53 Å². The van der Waals surface area contributed by atoms with Crippen LogP contribution in [0.4, 0.5) is 11.4 Å². The predicted octanol–water partition coefficient (Wildman–Crippen LogP) is 1.94. The molecule has 11 heavy (non-hydrogen) atoms. The summed E-state index contributed by atoms with van der Waals surface area (Å²) in [5.41, 5.74) is 13.2. The average molecular weight is 151 g/mol. The number of hydrogen-bond acceptors (Lipinski definition) is 4. The summed E-state index contributed by atoms with van der Waals surface area (Å²) >= 11 is 0. The third-order valence-corrected chi connectivity index (χ3v) is 1.36. The molecule has 4 heteroatoms. The van der Waals surface area contributed by atoms with Gasteiger partial charge in [0.2, 0.25) is 0 Å². The van der Waals surface area contributed by atoms with E-state index in [0.717, 1.165) is 0 Å². The summed E-state index contributed by atoms with van der Waals surface area (Å²) in [6.45, 7) is 0. The van der Waals surface area contributed by atoms with E-state index in [1.54, 1.807) is 25.3 Å². The van der Waals surface area contributed by atoms with Crippen LogP contribution in [0.2, 0.25) is 0 Å². The maximum Gasteiger partial charge on any atom is 0.121 e. The first-order valence-corrected chi connectivity index (χ1v) is 3.09. The molecule has 0 spiro atoms. The van der Waals surface area contributed by atoms with Crippen molar-refractivity contribution in [2.75, 3.05) is 12.8 Å². The Morgan fingerprint density at radius 3 is 2.73 bits per heavy atom. The third kappa shape index (κ3) is 1.46. The van der Waals surface area contributed by atoms with E-state index < -0.39 is 0 Å². The Balaban J connectivity index is 3.09. The summed E-state index contributed by atoms with van der Waals surface area (Å²) in [6.07, 6.45) is 0. The monoisotopic (exact) mass is 151 g/mol. The van der Waals surface area contributed by atoms with Crippen LogP contribution in [0.3, 0.4) is 0 Å². The van der Waals surface area contributed by atoms with Gasteiger partial charge in [-0.05, 0) is 12.1 Å². The van der Waals surface area contributed by atoms with E-state index in [0.29, 0.717) is 17.1 Å². The first-order chi connectivity index (χ1) is 5.27. The molecule has 0 aliphatic rings. The summed E-state index contributed by atoms with van der Waals surface area (Å²) in [5, 5.41) is 3.21. The van der Waals surface area contributed by atoms with Crippen LogP contribution in [0.25, 0.3) is 0 Å². The highest BCUT2D eigenvalue weighted by Gasteiger charge is 1.97. The molecule has 0 saturated carbocycles. The second-order valence-corrected chi connectivity index (χ2v) is 2.04. The van der Waals surface area contributed by atoms with Gasteiger partial charge in [-0.15, -0.1) is 0 Å². The number of methoxy groups -OCH3 is 1. The van der Waals surface area contributed by atoms with Gasteiger partial charge in [-0.3, -0.25) is 0 Å². The van der Waals surface area contributed by atoms with Crippen LogP contribution in [-0.2, 0) is 0 Å². The highest BCUT2D eigenvalue weighted by atomic mass is 16.5. The molecule has 0 aliphatic heterocycles. The lowest BCUT2D eigenvalue weighted by Gasteiger charge is -2.01. The molecule has 1 rings (SSSR count). The normalized spacial score (nSPS) is 9.18. The van der Waals surface area contributed by atoms with Gasteiger partial charge in [0.1, 0.15) is 11.4 Å². The first kappa shape index (κ1) is 7.53. The van der Waals surface area contributed by atoms with Crippen LogP contribution in [-0.4, -0.2) is 7.11 Å². The van der Waals surface area contributed by atoms with Crippen LogP contribution in [0.15, 0.2) is 23.3 Å². The van der Waals surface area contributed by atoms with Gasteiger partial charge in [0.15, 0.2) is 0 Å². The molecule has 0 unspecified atom stereocenters. The number of anilines is 1. The molecule has 0 atom stereocenters. The van der Waals surface area contributed by atoms with Crippen LogP contribution in [0.5, 0.6) is 5.75 Å². The molecule has 1 aromatic carbocycles. The molecule has 0 radical (unpaired) electrons. The standard InChI is InChI=1S/C7H9N3O/c1-11-5-2-3-7(10-9)6(8)4-5/h2-4,9H,8H2,1H3. The Bertz CT molecular complexity index is 272. The van der Waals surface area contributed by atoms with Crippen molar-refractivity contribution < 1.29 is 4.74 Å². The lowest BCUT2D eigenvalue weighted by Crippen LogP contribution is -1.87. The van der Waals surface area contributed by atoms with Crippen molar-refractivity contribution in [2.24, 2.45) is 5.11 Å². The van der Waals surface area contributed by atoms with Gasteiger partial charge in [-0.2, -0.15) is 5.11 Å². The van der Waals surface area contributed by atoms with Gasteiger partial charge >= 0.3 is 0 Å². The Labute approximate surface area is 64.5 Å². The molecule has 0 amide bonds. The Morgan fingerprint density at radius 1 is 1.55 bits per heavy atom. The number of ether oxygens (including phenoxy) is 1. The van der Waals surface area contributed by atoms with Gasteiger partial charge in [0.05, 0.1) is 12.8 Å². The van der Waals surface area contributed by atoms with E-state index in [9.17, 15) is 0 Å². The number of rotatable bonds is 2. The Kier molecular flexibility index (Phi) is 2.06. The fourth-order valence-electron chi connectivity index (χ4n) is 0.761. The maximum absolute atomic E-state index is 6.72.